The molecule has 0 bridgehead atoms. The van der Waals surface area contributed by atoms with Gasteiger partial charge in [0.05, 0.1) is 0 Å². The highest BCUT2D eigenvalue weighted by molar-refractivity contribution is 5.83. The first-order valence-electron chi connectivity index (χ1n) is 9.20. The third-order valence-corrected chi connectivity index (χ3v) is 4.62. The van der Waals surface area contributed by atoms with Gasteiger partial charge >= 0.3 is 6.03 Å². The molecule has 148 valence electrons. The van der Waals surface area contributed by atoms with Gasteiger partial charge in [0.25, 0.3) is 0 Å². The minimum absolute atomic E-state index is 0.314. The third kappa shape index (κ3) is 4.95. The smallest absolute Gasteiger partial charge is 0.457 e. The lowest BCUT2D eigenvalue weighted by atomic mass is 10.0. The van der Waals surface area contributed by atoms with Crippen LogP contribution >= 0.6 is 0 Å². The van der Waals surface area contributed by atoms with Gasteiger partial charge < -0.3 is 4.74 Å². The van der Waals surface area contributed by atoms with Crippen LogP contribution in [0.4, 0.5) is 10.5 Å². The summed E-state index contributed by atoms with van der Waals surface area (Å²) < 4.78 is 6.06. The maximum absolute atomic E-state index is 11.8. The van der Waals surface area contributed by atoms with E-state index in [0.717, 1.165) is 39.3 Å². The van der Waals surface area contributed by atoms with Crippen LogP contribution in [-0.2, 0) is 6.61 Å². The zero-order valence-corrected chi connectivity index (χ0v) is 16.7. The lowest BCUT2D eigenvalue weighted by molar-refractivity contribution is -0.423. The highest BCUT2D eigenvalue weighted by atomic mass is 16.5. The van der Waals surface area contributed by atoms with E-state index in [-0.39, 0.29) is 0 Å². The number of rotatable bonds is 5. The van der Waals surface area contributed by atoms with Crippen molar-refractivity contribution in [2.45, 2.75) is 27.4 Å². The van der Waals surface area contributed by atoms with Crippen molar-refractivity contribution in [2.75, 3.05) is 5.32 Å². The first kappa shape index (κ1) is 20.0. The average Bonchev–Trinajstić information content (AvgIpc) is 2.69. The Hall–Kier alpha value is -3.74. The second-order valence-electron chi connectivity index (χ2n) is 6.75. The predicted octanol–water partition coefficient (Wildman–Crippen LogP) is 3.19. The highest BCUT2D eigenvalue weighted by Gasteiger charge is 2.13. The minimum atomic E-state index is -0.508. The molecule has 0 aliphatic rings. The molecule has 2 amide bonds. The average molecular weight is 390 g/mol. The first-order chi connectivity index (χ1) is 14.0. The highest BCUT2D eigenvalue weighted by Crippen LogP contribution is 2.28. The summed E-state index contributed by atoms with van der Waals surface area (Å²) in [6.07, 6.45) is 1.87. The van der Waals surface area contributed by atoms with E-state index in [1.807, 2.05) is 63.4 Å². The van der Waals surface area contributed by atoms with Crippen LogP contribution in [0.3, 0.4) is 0 Å². The molecule has 0 spiro atoms. The number of benzene rings is 2. The Bertz CT molecular complexity index is 1050. The Morgan fingerprint density at radius 1 is 1.10 bits per heavy atom. The van der Waals surface area contributed by atoms with Gasteiger partial charge in [0.2, 0.25) is 0 Å². The number of hydrogen-bond donors (Lipinski definition) is 3. The molecule has 0 atom stereocenters. The molecule has 0 fully saturated rings. The predicted molar refractivity (Wildman–Crippen MR) is 111 cm³/mol. The molecule has 1 aromatic heterocycles. The van der Waals surface area contributed by atoms with Crippen LogP contribution in [0.1, 0.15) is 22.4 Å². The number of carbonyl (C=O) groups is 1. The molecule has 4 N–H and O–H groups in total. The first-order valence-corrected chi connectivity index (χ1v) is 9.20. The summed E-state index contributed by atoms with van der Waals surface area (Å²) in [6, 6.07) is 15.2. The zero-order chi connectivity index (χ0) is 20.8. The molecule has 29 heavy (non-hydrogen) atoms. The molecule has 0 unspecified atom stereocenters. The molecule has 0 aliphatic carbocycles. The van der Waals surface area contributed by atoms with Crippen molar-refractivity contribution < 1.29 is 14.6 Å². The molecule has 2 aromatic carbocycles. The van der Waals surface area contributed by atoms with E-state index in [9.17, 15) is 4.79 Å². The lowest BCUT2D eigenvalue weighted by Gasteiger charge is -2.14. The van der Waals surface area contributed by atoms with E-state index in [2.05, 4.69) is 32.8 Å². The SMILES string of the molecule is Cc1ccc(-c2ccc(OCc3c(C)cccc3NC(=O)/[NH+]=N\N)c(C)c2)cn1. The molecule has 7 nitrogen and oxygen atoms in total. The number of pyridine rings is 1. The van der Waals surface area contributed by atoms with Gasteiger partial charge in [-0.3, -0.25) is 4.98 Å². The van der Waals surface area contributed by atoms with E-state index in [0.29, 0.717) is 12.3 Å². The van der Waals surface area contributed by atoms with E-state index in [4.69, 9.17) is 10.6 Å². The summed E-state index contributed by atoms with van der Waals surface area (Å²) >= 11 is 0. The third-order valence-electron chi connectivity index (χ3n) is 4.62. The fourth-order valence-corrected chi connectivity index (χ4v) is 3.00. The van der Waals surface area contributed by atoms with Crippen LogP contribution in [0.25, 0.3) is 11.1 Å². The zero-order valence-electron chi connectivity index (χ0n) is 16.7. The summed E-state index contributed by atoms with van der Waals surface area (Å²) in [7, 11) is 0. The Labute approximate surface area is 169 Å². The molecule has 3 rings (SSSR count). The topological polar surface area (TPSA) is 104 Å². The van der Waals surface area contributed by atoms with E-state index < -0.39 is 6.03 Å². The maximum atomic E-state index is 11.8. The second-order valence-corrected chi connectivity index (χ2v) is 6.75. The quantitative estimate of drug-likeness (QED) is 0.354. The van der Waals surface area contributed by atoms with Crippen molar-refractivity contribution >= 4 is 11.7 Å². The molecule has 0 radical (unpaired) electrons. The second kappa shape index (κ2) is 8.97. The van der Waals surface area contributed by atoms with Gasteiger partial charge in [-0.25, -0.2) is 16.0 Å². The van der Waals surface area contributed by atoms with Crippen LogP contribution < -0.4 is 21.0 Å². The fraction of sp³-hybridized carbons (Fsp3) is 0.182. The number of aryl methyl sites for hydroxylation is 3. The Morgan fingerprint density at radius 2 is 1.90 bits per heavy atom. The molecule has 0 aliphatic heterocycles. The molecule has 0 saturated carbocycles. The molecule has 7 heteroatoms. The number of amides is 2. The summed E-state index contributed by atoms with van der Waals surface area (Å²) in [5.74, 6) is 5.77. The molecule has 1 heterocycles. The maximum Gasteiger partial charge on any atom is 0.457 e. The molecule has 0 saturated heterocycles. The largest absolute Gasteiger partial charge is 0.488 e. The van der Waals surface area contributed by atoms with Crippen molar-refractivity contribution in [3.8, 4) is 16.9 Å². The number of carbonyl (C=O) groups excluding carboxylic acids is 1. The number of nitrogens with one attached hydrogen (secondary N) is 2. The lowest BCUT2D eigenvalue weighted by Crippen LogP contribution is -2.73. The molecular weight excluding hydrogens is 366 g/mol. The van der Waals surface area contributed by atoms with Gasteiger partial charge in [0.15, 0.2) is 0 Å². The van der Waals surface area contributed by atoms with Gasteiger partial charge in [-0.05, 0) is 61.7 Å². The summed E-state index contributed by atoms with van der Waals surface area (Å²) in [4.78, 5) is 16.1. The Morgan fingerprint density at radius 3 is 2.59 bits per heavy atom. The molecular formula is C22H24N5O2+. The molecule has 3 aromatic rings. The van der Waals surface area contributed by atoms with E-state index >= 15 is 0 Å². The summed E-state index contributed by atoms with van der Waals surface area (Å²) in [5, 5.41) is 8.01. The van der Waals surface area contributed by atoms with Gasteiger partial charge in [-0.15, -0.1) is 5.11 Å². The minimum Gasteiger partial charge on any atom is -0.488 e. The van der Waals surface area contributed by atoms with Gasteiger partial charge in [-0.1, -0.05) is 24.3 Å². The number of nitrogens with two attached hydrogens (primary N) is 1. The van der Waals surface area contributed by atoms with Crippen molar-refractivity contribution in [1.82, 2.24) is 4.98 Å². The number of ether oxygens (including phenoxy) is 1. The standard InChI is InChI=1S/C22H23N5O2/c1-14-5-4-6-20(25-22(28)26-27-23)19(14)13-29-21-10-9-17(11-15(21)2)18-8-7-16(3)24-12-18/h4-12H,13H2,1-3H3,(H3,23,25,26,28)/p+1. The van der Waals surface area contributed by atoms with Gasteiger partial charge in [0.1, 0.15) is 18.0 Å². The van der Waals surface area contributed by atoms with Crippen LogP contribution in [0, 0.1) is 20.8 Å². The van der Waals surface area contributed by atoms with Crippen LogP contribution in [0.15, 0.2) is 60.0 Å². The van der Waals surface area contributed by atoms with Crippen molar-refractivity contribution in [3.05, 3.63) is 77.1 Å². The number of hydrogen-bond acceptors (Lipinski definition) is 4. The van der Waals surface area contributed by atoms with Gasteiger partial charge in [0, 0.05) is 28.2 Å². The van der Waals surface area contributed by atoms with Gasteiger partial charge in [-0.2, -0.15) is 0 Å². The van der Waals surface area contributed by atoms with Crippen LogP contribution in [-0.4, -0.2) is 11.0 Å². The number of anilines is 1. The number of aromatic nitrogens is 1. The Balaban J connectivity index is 1.78. The van der Waals surface area contributed by atoms with E-state index in [1.54, 1.807) is 0 Å². The van der Waals surface area contributed by atoms with Crippen LogP contribution in [0.2, 0.25) is 0 Å². The Kier molecular flexibility index (Phi) is 6.19. The van der Waals surface area contributed by atoms with Crippen molar-refractivity contribution in [2.24, 2.45) is 11.1 Å². The fourth-order valence-electron chi connectivity index (χ4n) is 3.00. The van der Waals surface area contributed by atoms with Crippen LogP contribution in [0.5, 0.6) is 5.75 Å². The van der Waals surface area contributed by atoms with E-state index in [1.165, 1.54) is 0 Å². The normalized spacial score (nSPS) is 10.9. The summed E-state index contributed by atoms with van der Waals surface area (Å²) in [5.41, 5.74) is 6.69. The number of urea groups is 1. The van der Waals surface area contributed by atoms with Crippen molar-refractivity contribution in [3.63, 3.8) is 0 Å². The monoisotopic (exact) mass is 390 g/mol. The summed E-state index contributed by atoms with van der Waals surface area (Å²) in [6.45, 7) is 6.26. The number of nitrogens with zero attached hydrogens (tertiary/aromatic N) is 2. The van der Waals surface area contributed by atoms with Crippen molar-refractivity contribution in [1.29, 1.82) is 0 Å².